The molecule has 1 aromatic carbocycles. The molecule has 5 nitrogen and oxygen atoms in total. The van der Waals surface area contributed by atoms with Gasteiger partial charge in [-0.1, -0.05) is 0 Å². The smallest absolute Gasteiger partial charge is 0.240 e. The number of hydrogen-bond donors (Lipinski definition) is 2. The molecular weight excluding hydrogens is 291 g/mol. The van der Waals surface area contributed by atoms with Gasteiger partial charge in [-0.25, -0.2) is 9.37 Å². The second-order valence-electron chi connectivity index (χ2n) is 3.67. The number of nitrogens with two attached hydrogens (primary N) is 2. The van der Waals surface area contributed by atoms with Crippen LogP contribution in [0.25, 0.3) is 11.0 Å². The molecule has 0 aliphatic rings. The minimum absolute atomic E-state index is 0.129. The summed E-state index contributed by atoms with van der Waals surface area (Å²) in [5, 5.41) is 0. The van der Waals surface area contributed by atoms with Gasteiger partial charge >= 0.3 is 0 Å². The molecule has 90 valence electrons. The molecule has 0 saturated carbocycles. The summed E-state index contributed by atoms with van der Waals surface area (Å²) in [7, 11) is 0. The van der Waals surface area contributed by atoms with E-state index >= 15 is 0 Å². The van der Waals surface area contributed by atoms with Gasteiger partial charge in [-0.3, -0.25) is 9.36 Å². The molecule has 0 bridgehead atoms. The number of carbonyl (C=O) groups excluding carboxylic acids is 1. The molecule has 1 amide bonds. The highest BCUT2D eigenvalue weighted by Crippen LogP contribution is 2.27. The first-order chi connectivity index (χ1) is 7.91. The molecule has 2 aromatic rings. The average molecular weight is 301 g/mol. The largest absolute Gasteiger partial charge is 0.369 e. The van der Waals surface area contributed by atoms with Gasteiger partial charge in [0.05, 0.1) is 15.5 Å². The number of aromatic nitrogens is 2. The Morgan fingerprint density at radius 1 is 1.59 bits per heavy atom. The number of imidazole rings is 1. The molecule has 7 heteroatoms. The fraction of sp³-hybridized carbons (Fsp3) is 0.200. The van der Waals surface area contributed by atoms with Gasteiger partial charge in [0.1, 0.15) is 11.9 Å². The molecule has 2 rings (SSSR count). The predicted octanol–water partition coefficient (Wildman–Crippen LogP) is 1.57. The maximum Gasteiger partial charge on any atom is 0.240 e. The Labute approximate surface area is 105 Å². The fourth-order valence-electron chi connectivity index (χ4n) is 1.64. The molecule has 0 aliphatic carbocycles. The van der Waals surface area contributed by atoms with E-state index in [1.54, 1.807) is 6.92 Å². The van der Waals surface area contributed by atoms with Crippen LogP contribution in [0.1, 0.15) is 13.0 Å². The summed E-state index contributed by atoms with van der Waals surface area (Å²) >= 11 is 3.07. The highest BCUT2D eigenvalue weighted by atomic mass is 79.9. The van der Waals surface area contributed by atoms with Crippen molar-refractivity contribution in [3.8, 4) is 0 Å². The maximum absolute atomic E-state index is 13.3. The Bertz CT molecular complexity index is 610. The van der Waals surface area contributed by atoms with Crippen LogP contribution in [-0.2, 0) is 4.79 Å². The molecular formula is C10H10BrFN4O. The molecule has 1 heterocycles. The monoisotopic (exact) mass is 300 g/mol. The van der Waals surface area contributed by atoms with Crippen molar-refractivity contribution in [3.63, 3.8) is 0 Å². The van der Waals surface area contributed by atoms with Gasteiger partial charge in [0.2, 0.25) is 11.9 Å². The molecule has 1 atom stereocenters. The lowest BCUT2D eigenvalue weighted by Crippen LogP contribution is -2.24. The van der Waals surface area contributed by atoms with E-state index in [4.69, 9.17) is 11.5 Å². The first-order valence-corrected chi connectivity index (χ1v) is 5.63. The van der Waals surface area contributed by atoms with Crippen LogP contribution in [0.2, 0.25) is 0 Å². The number of halogens is 2. The zero-order valence-electron chi connectivity index (χ0n) is 8.95. The van der Waals surface area contributed by atoms with Gasteiger partial charge in [0.15, 0.2) is 0 Å². The summed E-state index contributed by atoms with van der Waals surface area (Å²) in [5.41, 5.74) is 11.9. The van der Waals surface area contributed by atoms with Gasteiger partial charge in [-0.2, -0.15) is 0 Å². The van der Waals surface area contributed by atoms with Crippen molar-refractivity contribution >= 4 is 38.8 Å². The molecule has 0 fully saturated rings. The normalized spacial score (nSPS) is 12.9. The average Bonchev–Trinajstić information content (AvgIpc) is 2.53. The molecule has 0 aliphatic heterocycles. The van der Waals surface area contributed by atoms with E-state index in [1.165, 1.54) is 16.7 Å². The van der Waals surface area contributed by atoms with Crippen molar-refractivity contribution in [2.45, 2.75) is 13.0 Å². The zero-order valence-corrected chi connectivity index (χ0v) is 10.5. The predicted molar refractivity (Wildman–Crippen MR) is 65.7 cm³/mol. The number of fused-ring (bicyclic) bond motifs is 1. The van der Waals surface area contributed by atoms with E-state index in [0.29, 0.717) is 11.0 Å². The Morgan fingerprint density at radius 2 is 2.24 bits per heavy atom. The number of carbonyl (C=O) groups is 1. The van der Waals surface area contributed by atoms with Gasteiger partial charge in [0.25, 0.3) is 0 Å². The number of hydrogen-bond acceptors (Lipinski definition) is 3. The van der Waals surface area contributed by atoms with Crippen molar-refractivity contribution in [2.24, 2.45) is 5.73 Å². The summed E-state index contributed by atoms with van der Waals surface area (Å²) in [4.78, 5) is 15.2. The van der Waals surface area contributed by atoms with Crippen LogP contribution in [-0.4, -0.2) is 15.5 Å². The minimum atomic E-state index is -0.641. The topological polar surface area (TPSA) is 86.9 Å². The molecule has 17 heavy (non-hydrogen) atoms. The third-order valence-electron chi connectivity index (χ3n) is 2.56. The quantitative estimate of drug-likeness (QED) is 0.882. The molecule has 1 aromatic heterocycles. The van der Waals surface area contributed by atoms with Crippen molar-refractivity contribution in [2.75, 3.05) is 5.73 Å². The Morgan fingerprint density at radius 3 is 2.82 bits per heavy atom. The summed E-state index contributed by atoms with van der Waals surface area (Å²) in [6, 6.07) is 2.13. The molecule has 0 saturated heterocycles. The lowest BCUT2D eigenvalue weighted by molar-refractivity contribution is -0.120. The van der Waals surface area contributed by atoms with Gasteiger partial charge in [0, 0.05) is 6.07 Å². The highest BCUT2D eigenvalue weighted by molar-refractivity contribution is 9.10. The van der Waals surface area contributed by atoms with E-state index in [-0.39, 0.29) is 10.4 Å². The summed E-state index contributed by atoms with van der Waals surface area (Å²) in [5.74, 6) is -0.839. The highest BCUT2D eigenvalue weighted by Gasteiger charge is 2.19. The number of amides is 1. The number of nitrogens with zero attached hydrogens (tertiary/aromatic N) is 2. The van der Waals surface area contributed by atoms with E-state index in [9.17, 15) is 9.18 Å². The van der Waals surface area contributed by atoms with E-state index in [1.807, 2.05) is 0 Å². The van der Waals surface area contributed by atoms with E-state index in [2.05, 4.69) is 20.9 Å². The SMILES string of the molecule is CC(C(N)=O)n1c(N)nc2cc(F)c(Br)cc21. The van der Waals surface area contributed by atoms with Crippen molar-refractivity contribution < 1.29 is 9.18 Å². The Balaban J connectivity index is 2.75. The summed E-state index contributed by atoms with van der Waals surface area (Å²) < 4.78 is 15.1. The van der Waals surface area contributed by atoms with Crippen LogP contribution in [0.3, 0.4) is 0 Å². The molecule has 4 N–H and O–H groups in total. The van der Waals surface area contributed by atoms with Crippen LogP contribution < -0.4 is 11.5 Å². The fourth-order valence-corrected chi connectivity index (χ4v) is 1.97. The van der Waals surface area contributed by atoms with E-state index in [0.717, 1.165) is 0 Å². The van der Waals surface area contributed by atoms with Crippen LogP contribution in [0.15, 0.2) is 16.6 Å². The number of primary amides is 1. The van der Waals surface area contributed by atoms with Gasteiger partial charge < -0.3 is 11.5 Å². The molecule has 1 unspecified atom stereocenters. The molecule has 0 radical (unpaired) electrons. The Hall–Kier alpha value is -1.63. The summed E-state index contributed by atoms with van der Waals surface area (Å²) in [6.45, 7) is 1.61. The van der Waals surface area contributed by atoms with Crippen molar-refractivity contribution in [1.82, 2.24) is 9.55 Å². The minimum Gasteiger partial charge on any atom is -0.369 e. The first-order valence-electron chi connectivity index (χ1n) is 4.83. The maximum atomic E-state index is 13.3. The zero-order chi connectivity index (χ0) is 12.7. The number of rotatable bonds is 2. The van der Waals surface area contributed by atoms with Gasteiger partial charge in [-0.05, 0) is 28.9 Å². The Kier molecular flexibility index (Phi) is 2.78. The number of nitrogen functional groups attached to an aromatic ring is 1. The van der Waals surface area contributed by atoms with E-state index < -0.39 is 17.8 Å². The second-order valence-corrected chi connectivity index (χ2v) is 4.53. The van der Waals surface area contributed by atoms with Gasteiger partial charge in [-0.15, -0.1) is 0 Å². The number of anilines is 1. The van der Waals surface area contributed by atoms with Crippen molar-refractivity contribution in [3.05, 3.63) is 22.4 Å². The molecule has 0 spiro atoms. The third kappa shape index (κ3) is 1.86. The first kappa shape index (κ1) is 11.8. The van der Waals surface area contributed by atoms with Crippen molar-refractivity contribution in [1.29, 1.82) is 0 Å². The third-order valence-corrected chi connectivity index (χ3v) is 3.17. The second kappa shape index (κ2) is 3.99. The van der Waals surface area contributed by atoms with Crippen LogP contribution in [0.5, 0.6) is 0 Å². The standard InChI is InChI=1S/C10H10BrFN4O/c1-4(9(13)17)16-8-2-5(11)6(12)3-7(8)15-10(16)14/h2-4H,1H3,(H2,13,17)(H2,14,15). The van der Waals surface area contributed by atoms with Crippen LogP contribution >= 0.6 is 15.9 Å². The van der Waals surface area contributed by atoms with Crippen LogP contribution in [0.4, 0.5) is 10.3 Å². The lowest BCUT2D eigenvalue weighted by Gasteiger charge is -2.12. The summed E-state index contributed by atoms with van der Waals surface area (Å²) in [6.07, 6.45) is 0. The lowest BCUT2D eigenvalue weighted by atomic mass is 10.2. The van der Waals surface area contributed by atoms with Crippen LogP contribution in [0, 0.1) is 5.82 Å². The number of benzene rings is 1.